The largest absolute Gasteiger partial charge is 0.435 e. The summed E-state index contributed by atoms with van der Waals surface area (Å²) in [7, 11) is 0. The molecule has 1 aliphatic rings. The van der Waals surface area contributed by atoms with Crippen molar-refractivity contribution in [2.45, 2.75) is 31.5 Å². The van der Waals surface area contributed by atoms with Gasteiger partial charge in [0, 0.05) is 6.20 Å². The van der Waals surface area contributed by atoms with E-state index in [4.69, 9.17) is 5.73 Å². The number of nitrogens with two attached hydrogens (primary N) is 1. The van der Waals surface area contributed by atoms with Gasteiger partial charge in [0.1, 0.15) is 0 Å². The van der Waals surface area contributed by atoms with Crippen molar-refractivity contribution in [2.24, 2.45) is 11.7 Å². The number of hydrogen-bond donors (Lipinski definition) is 1. The van der Waals surface area contributed by atoms with Crippen LogP contribution in [-0.2, 0) is 6.18 Å². The first kappa shape index (κ1) is 11.4. The Hall–Kier alpha value is -1.04. The van der Waals surface area contributed by atoms with Gasteiger partial charge in [0.25, 0.3) is 0 Å². The number of halogens is 3. The van der Waals surface area contributed by atoms with Crippen LogP contribution in [0.4, 0.5) is 13.2 Å². The zero-order chi connectivity index (χ0) is 11.8. The van der Waals surface area contributed by atoms with Gasteiger partial charge in [-0.1, -0.05) is 6.42 Å². The number of nitrogens with zero attached hydrogens (tertiary/aromatic N) is 2. The van der Waals surface area contributed by atoms with Crippen LogP contribution in [-0.4, -0.2) is 16.3 Å². The molecule has 2 N–H and O–H groups in total. The lowest BCUT2D eigenvalue weighted by Gasteiger charge is -2.18. The third-order valence-corrected chi connectivity index (χ3v) is 3.16. The molecule has 0 amide bonds. The minimum absolute atomic E-state index is 0.0288. The monoisotopic (exact) mass is 233 g/mol. The van der Waals surface area contributed by atoms with Gasteiger partial charge in [-0.3, -0.25) is 4.68 Å². The summed E-state index contributed by atoms with van der Waals surface area (Å²) in [6, 6.07) is 1.05. The van der Waals surface area contributed by atoms with Crippen LogP contribution in [0.2, 0.25) is 0 Å². The van der Waals surface area contributed by atoms with E-state index in [9.17, 15) is 13.2 Å². The SMILES string of the molecule is NCC1CCCC1n1ccc(C(F)(F)F)n1. The van der Waals surface area contributed by atoms with Crippen LogP contribution in [0.1, 0.15) is 31.0 Å². The standard InChI is InChI=1S/C10H14F3N3/c11-10(12,13)9-4-5-16(15-9)8-3-1-2-7(8)6-14/h4-5,7-8H,1-3,6,14H2. The molecule has 2 rings (SSSR count). The van der Waals surface area contributed by atoms with Gasteiger partial charge < -0.3 is 5.73 Å². The zero-order valence-electron chi connectivity index (χ0n) is 8.74. The summed E-state index contributed by atoms with van der Waals surface area (Å²) < 4.78 is 38.5. The van der Waals surface area contributed by atoms with Crippen molar-refractivity contribution in [3.63, 3.8) is 0 Å². The highest BCUT2D eigenvalue weighted by Gasteiger charge is 2.35. The highest BCUT2D eigenvalue weighted by molar-refractivity contribution is 5.04. The van der Waals surface area contributed by atoms with Gasteiger partial charge in [0.15, 0.2) is 5.69 Å². The average molecular weight is 233 g/mol. The average Bonchev–Trinajstić information content (AvgIpc) is 2.84. The quantitative estimate of drug-likeness (QED) is 0.851. The van der Waals surface area contributed by atoms with Gasteiger partial charge >= 0.3 is 6.18 Å². The molecule has 1 aliphatic carbocycles. The normalized spacial score (nSPS) is 26.2. The van der Waals surface area contributed by atoms with Crippen molar-refractivity contribution >= 4 is 0 Å². The number of aromatic nitrogens is 2. The molecule has 0 radical (unpaired) electrons. The van der Waals surface area contributed by atoms with Crippen LogP contribution >= 0.6 is 0 Å². The Morgan fingerprint density at radius 3 is 2.75 bits per heavy atom. The molecule has 3 nitrogen and oxygen atoms in total. The van der Waals surface area contributed by atoms with Crippen LogP contribution in [0.15, 0.2) is 12.3 Å². The molecule has 1 saturated carbocycles. The number of hydrogen-bond acceptors (Lipinski definition) is 2. The van der Waals surface area contributed by atoms with Crippen LogP contribution in [0.5, 0.6) is 0 Å². The van der Waals surface area contributed by atoms with Crippen molar-refractivity contribution in [2.75, 3.05) is 6.54 Å². The third-order valence-electron chi connectivity index (χ3n) is 3.16. The topological polar surface area (TPSA) is 43.8 Å². The van der Waals surface area contributed by atoms with Crippen LogP contribution in [0.25, 0.3) is 0 Å². The molecule has 16 heavy (non-hydrogen) atoms. The number of rotatable bonds is 2. The second-order valence-electron chi connectivity index (χ2n) is 4.17. The molecule has 0 aliphatic heterocycles. The van der Waals surface area contributed by atoms with E-state index < -0.39 is 11.9 Å². The summed E-state index contributed by atoms with van der Waals surface area (Å²) in [5, 5.41) is 3.60. The Labute approximate surface area is 91.4 Å². The molecular formula is C10H14F3N3. The maximum absolute atomic E-state index is 12.4. The lowest BCUT2D eigenvalue weighted by molar-refractivity contribution is -0.141. The van der Waals surface area contributed by atoms with Gasteiger partial charge in [-0.15, -0.1) is 0 Å². The van der Waals surface area contributed by atoms with Crippen molar-refractivity contribution in [1.29, 1.82) is 0 Å². The molecule has 1 fully saturated rings. The molecule has 0 bridgehead atoms. The first-order chi connectivity index (χ1) is 7.52. The maximum Gasteiger partial charge on any atom is 0.435 e. The van der Waals surface area contributed by atoms with Gasteiger partial charge in [0.05, 0.1) is 6.04 Å². The van der Waals surface area contributed by atoms with E-state index in [-0.39, 0.29) is 12.0 Å². The van der Waals surface area contributed by atoms with Gasteiger partial charge in [0.2, 0.25) is 0 Å². The third kappa shape index (κ3) is 2.07. The molecule has 0 spiro atoms. The van der Waals surface area contributed by atoms with Crippen molar-refractivity contribution < 1.29 is 13.2 Å². The zero-order valence-corrected chi connectivity index (χ0v) is 8.74. The van der Waals surface area contributed by atoms with E-state index in [0.717, 1.165) is 25.3 Å². The summed E-state index contributed by atoms with van der Waals surface area (Å²) in [5.41, 5.74) is 4.77. The Morgan fingerprint density at radius 2 is 2.19 bits per heavy atom. The summed E-state index contributed by atoms with van der Waals surface area (Å²) in [5.74, 6) is 0.251. The molecule has 1 heterocycles. The van der Waals surface area contributed by atoms with E-state index in [2.05, 4.69) is 5.10 Å². The molecule has 1 aromatic heterocycles. The second kappa shape index (κ2) is 4.08. The highest BCUT2D eigenvalue weighted by Crippen LogP contribution is 2.36. The highest BCUT2D eigenvalue weighted by atomic mass is 19.4. The minimum atomic E-state index is -4.36. The fraction of sp³-hybridized carbons (Fsp3) is 0.700. The predicted molar refractivity (Wildman–Crippen MR) is 52.7 cm³/mol. The van der Waals surface area contributed by atoms with Crippen molar-refractivity contribution in [1.82, 2.24) is 9.78 Å². The van der Waals surface area contributed by atoms with Crippen LogP contribution in [0, 0.1) is 5.92 Å². The van der Waals surface area contributed by atoms with E-state index in [1.807, 2.05) is 0 Å². The first-order valence-corrected chi connectivity index (χ1v) is 5.35. The fourth-order valence-electron chi connectivity index (χ4n) is 2.31. The lowest BCUT2D eigenvalue weighted by atomic mass is 10.0. The second-order valence-corrected chi connectivity index (χ2v) is 4.17. The van der Waals surface area contributed by atoms with E-state index in [0.29, 0.717) is 6.54 Å². The minimum Gasteiger partial charge on any atom is -0.330 e. The molecule has 6 heteroatoms. The Morgan fingerprint density at radius 1 is 1.44 bits per heavy atom. The maximum atomic E-state index is 12.4. The summed E-state index contributed by atoms with van der Waals surface area (Å²) in [6.45, 7) is 0.506. The molecule has 90 valence electrons. The van der Waals surface area contributed by atoms with Gasteiger partial charge in [-0.05, 0) is 31.4 Å². The smallest absolute Gasteiger partial charge is 0.330 e. The fourth-order valence-corrected chi connectivity index (χ4v) is 2.31. The molecule has 0 aromatic carbocycles. The van der Waals surface area contributed by atoms with Gasteiger partial charge in [-0.25, -0.2) is 0 Å². The van der Waals surface area contributed by atoms with E-state index in [1.165, 1.54) is 10.9 Å². The Balaban J connectivity index is 2.18. The molecule has 2 unspecified atom stereocenters. The Bertz CT molecular complexity index is 358. The molecular weight excluding hydrogens is 219 g/mol. The predicted octanol–water partition coefficient (Wildman–Crippen LogP) is 2.20. The summed E-state index contributed by atoms with van der Waals surface area (Å²) >= 11 is 0. The molecule has 0 saturated heterocycles. The molecule has 2 atom stereocenters. The Kier molecular flexibility index (Phi) is 2.92. The first-order valence-electron chi connectivity index (χ1n) is 5.35. The summed E-state index contributed by atoms with van der Waals surface area (Å²) in [4.78, 5) is 0. The van der Waals surface area contributed by atoms with E-state index in [1.54, 1.807) is 0 Å². The molecule has 1 aromatic rings. The van der Waals surface area contributed by atoms with E-state index >= 15 is 0 Å². The van der Waals surface area contributed by atoms with Crippen molar-refractivity contribution in [3.05, 3.63) is 18.0 Å². The van der Waals surface area contributed by atoms with Crippen LogP contribution < -0.4 is 5.73 Å². The van der Waals surface area contributed by atoms with Crippen LogP contribution in [0.3, 0.4) is 0 Å². The number of alkyl halides is 3. The van der Waals surface area contributed by atoms with Crippen molar-refractivity contribution in [3.8, 4) is 0 Å². The lowest BCUT2D eigenvalue weighted by Crippen LogP contribution is -2.22. The summed E-state index contributed by atoms with van der Waals surface area (Å²) in [6.07, 6.45) is -0.111. The van der Waals surface area contributed by atoms with Gasteiger partial charge in [-0.2, -0.15) is 18.3 Å².